The van der Waals surface area contributed by atoms with Gasteiger partial charge < -0.3 is 10.1 Å². The van der Waals surface area contributed by atoms with E-state index in [1.54, 1.807) is 36.5 Å². The summed E-state index contributed by atoms with van der Waals surface area (Å²) in [6, 6.07) is 25.9. The van der Waals surface area contributed by atoms with E-state index in [2.05, 4.69) is 15.8 Å². The second kappa shape index (κ2) is 10.3. The number of nitrogens with zero attached hydrogens (tertiary/aromatic N) is 1. The number of halogens is 1. The lowest BCUT2D eigenvalue weighted by molar-refractivity contribution is 0.0734. The van der Waals surface area contributed by atoms with E-state index < -0.39 is 5.97 Å². The molecular weight excluding hydrogens is 454 g/mol. The minimum absolute atomic E-state index is 0.298. The monoisotopic (exact) mass is 473 g/mol. The Bertz CT molecular complexity index is 1370. The average Bonchev–Trinajstić information content (AvgIpc) is 2.80. The number of nitrogens with one attached hydrogen (secondary N) is 2. The molecule has 164 valence electrons. The number of hydrogen-bond donors (Lipinski definition) is 2. The molecule has 0 spiro atoms. The van der Waals surface area contributed by atoms with Crippen LogP contribution in [0, 0.1) is 6.92 Å². The van der Waals surface area contributed by atoms with Crippen LogP contribution in [0.2, 0.25) is 5.02 Å². The van der Waals surface area contributed by atoms with Gasteiger partial charge in [0.1, 0.15) is 5.75 Å². The first-order valence-electron chi connectivity index (χ1n) is 10.2. The molecule has 33 heavy (non-hydrogen) atoms. The van der Waals surface area contributed by atoms with Gasteiger partial charge in [0.05, 0.1) is 11.8 Å². The smallest absolute Gasteiger partial charge is 0.343 e. The average molecular weight is 474 g/mol. The topological polar surface area (TPSA) is 62.7 Å². The van der Waals surface area contributed by atoms with E-state index in [-0.39, 0.29) is 0 Å². The fourth-order valence-electron chi connectivity index (χ4n) is 3.31. The summed E-state index contributed by atoms with van der Waals surface area (Å²) in [6.07, 6.45) is 1.59. The maximum atomic E-state index is 12.7. The van der Waals surface area contributed by atoms with E-state index in [4.69, 9.17) is 28.6 Å². The number of benzene rings is 4. The Morgan fingerprint density at radius 2 is 1.82 bits per heavy atom. The van der Waals surface area contributed by atoms with Crippen molar-refractivity contribution in [3.05, 3.63) is 107 Å². The number of rotatable bonds is 5. The van der Waals surface area contributed by atoms with Gasteiger partial charge in [-0.05, 0) is 66.3 Å². The van der Waals surface area contributed by atoms with Crippen molar-refractivity contribution in [1.29, 1.82) is 0 Å². The third-order valence-electron chi connectivity index (χ3n) is 4.83. The molecule has 0 aliphatic heterocycles. The van der Waals surface area contributed by atoms with Crippen LogP contribution >= 0.6 is 23.8 Å². The van der Waals surface area contributed by atoms with Crippen molar-refractivity contribution in [3.63, 3.8) is 0 Å². The van der Waals surface area contributed by atoms with Gasteiger partial charge in [-0.25, -0.2) is 4.79 Å². The number of fused-ring (bicyclic) bond motifs is 1. The summed E-state index contributed by atoms with van der Waals surface area (Å²) < 4.78 is 5.74. The van der Waals surface area contributed by atoms with Crippen molar-refractivity contribution in [2.24, 2.45) is 5.10 Å². The normalized spacial score (nSPS) is 10.8. The Balaban J connectivity index is 1.57. The number of anilines is 1. The number of esters is 1. The molecule has 0 atom stereocenters. The standard InChI is InChI=1S/C26H20ClN3O2S/c1-17-6-4-8-19(14-17)25(31)32-24-13-12-18-7-2-3-11-22(18)23(24)16-28-30-26(33)29-21-10-5-9-20(27)15-21/h2-16H,1H3,(H2,29,30,33)/b28-16+. The van der Waals surface area contributed by atoms with E-state index in [1.807, 2.05) is 61.5 Å². The summed E-state index contributed by atoms with van der Waals surface area (Å²) >= 11 is 11.3. The zero-order valence-electron chi connectivity index (χ0n) is 17.7. The highest BCUT2D eigenvalue weighted by Crippen LogP contribution is 2.27. The number of carbonyl (C=O) groups excluding carboxylic acids is 1. The van der Waals surface area contributed by atoms with Gasteiger partial charge in [-0.15, -0.1) is 0 Å². The summed E-state index contributed by atoms with van der Waals surface area (Å²) in [5.41, 5.74) is 5.66. The molecule has 4 rings (SSSR count). The molecule has 0 amide bonds. The van der Waals surface area contributed by atoms with Crippen LogP contribution in [0.4, 0.5) is 5.69 Å². The third-order valence-corrected chi connectivity index (χ3v) is 5.26. The van der Waals surface area contributed by atoms with Crippen LogP contribution in [-0.2, 0) is 0 Å². The SMILES string of the molecule is Cc1cccc(C(=O)Oc2ccc3ccccc3c2/C=N/NC(=S)Nc2cccc(Cl)c2)c1. The van der Waals surface area contributed by atoms with E-state index in [0.717, 1.165) is 22.0 Å². The van der Waals surface area contributed by atoms with Crippen LogP contribution in [0.3, 0.4) is 0 Å². The highest BCUT2D eigenvalue weighted by atomic mass is 35.5. The zero-order chi connectivity index (χ0) is 23.2. The van der Waals surface area contributed by atoms with E-state index >= 15 is 0 Å². The first-order chi connectivity index (χ1) is 16.0. The van der Waals surface area contributed by atoms with Crippen molar-refractivity contribution in [1.82, 2.24) is 5.43 Å². The number of hydrogen-bond acceptors (Lipinski definition) is 4. The highest BCUT2D eigenvalue weighted by molar-refractivity contribution is 7.80. The first kappa shape index (κ1) is 22.5. The molecule has 0 bridgehead atoms. The Morgan fingerprint density at radius 3 is 2.64 bits per heavy atom. The molecule has 0 unspecified atom stereocenters. The van der Waals surface area contributed by atoms with Crippen molar-refractivity contribution in [2.75, 3.05) is 5.32 Å². The minimum Gasteiger partial charge on any atom is -0.422 e. The summed E-state index contributed by atoms with van der Waals surface area (Å²) in [6.45, 7) is 1.93. The molecule has 4 aromatic rings. The van der Waals surface area contributed by atoms with Gasteiger partial charge in [0, 0.05) is 16.3 Å². The van der Waals surface area contributed by atoms with Crippen molar-refractivity contribution in [2.45, 2.75) is 6.92 Å². The van der Waals surface area contributed by atoms with Crippen LogP contribution in [0.1, 0.15) is 21.5 Å². The van der Waals surface area contributed by atoms with Crippen LogP contribution in [0.5, 0.6) is 5.75 Å². The molecule has 0 saturated heterocycles. The summed E-state index contributed by atoms with van der Waals surface area (Å²) in [5.74, 6) is -0.0331. The fourth-order valence-corrected chi connectivity index (χ4v) is 3.67. The van der Waals surface area contributed by atoms with Crippen molar-refractivity contribution < 1.29 is 9.53 Å². The van der Waals surface area contributed by atoms with Crippen LogP contribution in [-0.4, -0.2) is 17.3 Å². The largest absolute Gasteiger partial charge is 0.422 e. The molecule has 5 nitrogen and oxygen atoms in total. The quantitative estimate of drug-likeness (QED) is 0.116. The molecule has 0 radical (unpaired) electrons. The highest BCUT2D eigenvalue weighted by Gasteiger charge is 2.13. The zero-order valence-corrected chi connectivity index (χ0v) is 19.3. The summed E-state index contributed by atoms with van der Waals surface area (Å²) in [4.78, 5) is 12.7. The van der Waals surface area contributed by atoms with Gasteiger partial charge in [-0.1, -0.05) is 65.7 Å². The number of hydrazone groups is 1. The lowest BCUT2D eigenvalue weighted by Gasteiger charge is -2.11. The van der Waals surface area contributed by atoms with Gasteiger partial charge in [0.15, 0.2) is 5.11 Å². The lowest BCUT2D eigenvalue weighted by atomic mass is 10.0. The van der Waals surface area contributed by atoms with Crippen LogP contribution in [0.25, 0.3) is 10.8 Å². The maximum Gasteiger partial charge on any atom is 0.343 e. The Morgan fingerprint density at radius 1 is 1.00 bits per heavy atom. The summed E-state index contributed by atoms with van der Waals surface area (Å²) in [5, 5.41) is 10.1. The minimum atomic E-state index is -0.435. The summed E-state index contributed by atoms with van der Waals surface area (Å²) in [7, 11) is 0. The van der Waals surface area contributed by atoms with E-state index in [0.29, 0.717) is 27.0 Å². The molecule has 0 fully saturated rings. The second-order valence-electron chi connectivity index (χ2n) is 7.29. The molecule has 0 aliphatic rings. The fraction of sp³-hybridized carbons (Fsp3) is 0.0385. The molecule has 7 heteroatoms. The van der Waals surface area contributed by atoms with Gasteiger partial charge in [0.2, 0.25) is 0 Å². The van der Waals surface area contributed by atoms with Gasteiger partial charge in [0.25, 0.3) is 0 Å². The van der Waals surface area contributed by atoms with Crippen molar-refractivity contribution >= 4 is 57.6 Å². The van der Waals surface area contributed by atoms with Gasteiger partial charge >= 0.3 is 5.97 Å². The van der Waals surface area contributed by atoms with Crippen LogP contribution < -0.4 is 15.5 Å². The number of aryl methyl sites for hydroxylation is 1. The Kier molecular flexibility index (Phi) is 6.98. The third kappa shape index (κ3) is 5.74. The Hall–Kier alpha value is -3.74. The first-order valence-corrected chi connectivity index (χ1v) is 10.9. The molecule has 0 aromatic heterocycles. The van der Waals surface area contributed by atoms with Crippen molar-refractivity contribution in [3.8, 4) is 5.75 Å². The predicted molar refractivity (Wildman–Crippen MR) is 138 cm³/mol. The van der Waals surface area contributed by atoms with Gasteiger partial charge in [-0.3, -0.25) is 5.43 Å². The van der Waals surface area contributed by atoms with E-state index in [1.165, 1.54) is 0 Å². The van der Waals surface area contributed by atoms with E-state index in [9.17, 15) is 4.79 Å². The lowest BCUT2D eigenvalue weighted by Crippen LogP contribution is -2.23. The van der Waals surface area contributed by atoms with Crippen LogP contribution in [0.15, 0.2) is 90.0 Å². The molecule has 0 heterocycles. The second-order valence-corrected chi connectivity index (χ2v) is 8.14. The predicted octanol–water partition coefficient (Wildman–Crippen LogP) is 6.34. The number of carbonyl (C=O) groups is 1. The maximum absolute atomic E-state index is 12.7. The number of thiocarbonyl (C=S) groups is 1. The van der Waals surface area contributed by atoms with Gasteiger partial charge in [-0.2, -0.15) is 5.10 Å². The molecular formula is C26H20ClN3O2S. The molecule has 0 aliphatic carbocycles. The Labute approximate surface area is 202 Å². The molecule has 2 N–H and O–H groups in total. The molecule has 0 saturated carbocycles. The molecule has 4 aromatic carbocycles. The number of ether oxygens (including phenoxy) is 1.